The molecule has 0 unspecified atom stereocenters. The number of benzene rings is 2. The summed E-state index contributed by atoms with van der Waals surface area (Å²) in [7, 11) is 0. The van der Waals surface area contributed by atoms with Gasteiger partial charge in [-0.25, -0.2) is 4.98 Å². The van der Waals surface area contributed by atoms with Crippen molar-refractivity contribution in [1.82, 2.24) is 19.3 Å². The molecule has 3 aromatic heterocycles. The van der Waals surface area contributed by atoms with Crippen molar-refractivity contribution in [2.24, 2.45) is 0 Å². The predicted molar refractivity (Wildman–Crippen MR) is 145 cm³/mol. The van der Waals surface area contributed by atoms with Gasteiger partial charge in [-0.3, -0.25) is 14.0 Å². The Morgan fingerprint density at radius 1 is 0.946 bits per heavy atom. The number of rotatable bonds is 5. The van der Waals surface area contributed by atoms with Crippen LogP contribution in [0.4, 0.5) is 11.4 Å². The summed E-state index contributed by atoms with van der Waals surface area (Å²) < 4.78 is 1.95. The van der Waals surface area contributed by atoms with E-state index in [-0.39, 0.29) is 11.5 Å². The molecule has 0 spiro atoms. The van der Waals surface area contributed by atoms with Crippen LogP contribution < -0.4 is 10.9 Å². The number of nitrogens with one attached hydrogen (secondary N) is 2. The molecule has 2 aromatic carbocycles. The van der Waals surface area contributed by atoms with Crippen LogP contribution in [-0.4, -0.2) is 38.3 Å². The van der Waals surface area contributed by atoms with E-state index in [9.17, 15) is 9.59 Å². The number of pyridine rings is 2. The molecule has 6 rings (SSSR count). The van der Waals surface area contributed by atoms with E-state index in [0.717, 1.165) is 54.2 Å². The number of aromatic amines is 1. The number of fused-ring (bicyclic) bond motifs is 1. The number of likely N-dealkylation sites (tertiary alicyclic amines) is 1. The average Bonchev–Trinajstić information content (AvgIpc) is 3.45. The third kappa shape index (κ3) is 4.63. The molecular formula is C30H27N5O2. The van der Waals surface area contributed by atoms with Gasteiger partial charge in [0.25, 0.3) is 5.91 Å². The summed E-state index contributed by atoms with van der Waals surface area (Å²) in [6.45, 7) is 1.55. The van der Waals surface area contributed by atoms with Crippen molar-refractivity contribution in [2.45, 2.75) is 18.8 Å². The molecule has 1 saturated heterocycles. The smallest absolute Gasteiger partial charge is 0.253 e. The maximum atomic E-state index is 13.1. The summed E-state index contributed by atoms with van der Waals surface area (Å²) in [5.41, 5.74) is 6.05. The van der Waals surface area contributed by atoms with Gasteiger partial charge in [-0.05, 0) is 66.8 Å². The van der Waals surface area contributed by atoms with Crippen molar-refractivity contribution in [3.8, 4) is 11.3 Å². The second-order valence-corrected chi connectivity index (χ2v) is 9.37. The third-order valence-corrected chi connectivity index (χ3v) is 7.08. The lowest BCUT2D eigenvalue weighted by Crippen LogP contribution is -2.37. The molecule has 2 N–H and O–H groups in total. The van der Waals surface area contributed by atoms with E-state index in [1.54, 1.807) is 18.5 Å². The van der Waals surface area contributed by atoms with E-state index in [2.05, 4.69) is 39.6 Å². The molecule has 184 valence electrons. The monoisotopic (exact) mass is 489 g/mol. The highest BCUT2D eigenvalue weighted by atomic mass is 16.2. The van der Waals surface area contributed by atoms with Crippen LogP contribution in [0.2, 0.25) is 0 Å². The number of amides is 1. The summed E-state index contributed by atoms with van der Waals surface area (Å²) in [4.78, 5) is 34.0. The minimum atomic E-state index is -0.150. The van der Waals surface area contributed by atoms with Crippen molar-refractivity contribution in [1.29, 1.82) is 0 Å². The van der Waals surface area contributed by atoms with Crippen LogP contribution >= 0.6 is 0 Å². The number of piperidine rings is 1. The Morgan fingerprint density at radius 3 is 2.49 bits per heavy atom. The Labute approximate surface area is 214 Å². The Bertz CT molecular complexity index is 1600. The van der Waals surface area contributed by atoms with Crippen molar-refractivity contribution in [3.05, 3.63) is 119 Å². The molecule has 0 saturated carbocycles. The van der Waals surface area contributed by atoms with Crippen LogP contribution in [0, 0.1) is 0 Å². The highest BCUT2D eigenvalue weighted by Crippen LogP contribution is 2.29. The summed E-state index contributed by atoms with van der Waals surface area (Å²) in [6, 6.07) is 25.5. The molecule has 0 atom stereocenters. The molecule has 5 aromatic rings. The standard InChI is InChI=1S/C30H27N5O2/c36-28-20-24(12-15-31-28)27-11-10-26(29-32-16-19-35(27)29)33-25-8-6-23(7-9-25)30(37)34-17-13-22(14-18-34)21-4-2-1-3-5-21/h1-12,15-16,19-20,22,33H,13-14,17-18H2,(H,31,36). The Hall–Kier alpha value is -4.65. The molecule has 1 aliphatic rings. The minimum absolute atomic E-state index is 0.0795. The van der Waals surface area contributed by atoms with E-state index in [1.165, 1.54) is 5.56 Å². The lowest BCUT2D eigenvalue weighted by atomic mass is 9.89. The lowest BCUT2D eigenvalue weighted by Gasteiger charge is -2.32. The van der Waals surface area contributed by atoms with Crippen molar-refractivity contribution in [2.75, 3.05) is 18.4 Å². The van der Waals surface area contributed by atoms with Gasteiger partial charge in [0.05, 0.1) is 11.4 Å². The molecule has 4 heterocycles. The van der Waals surface area contributed by atoms with Gasteiger partial charge in [0.1, 0.15) is 0 Å². The van der Waals surface area contributed by atoms with Gasteiger partial charge < -0.3 is 15.2 Å². The first-order valence-electron chi connectivity index (χ1n) is 12.5. The zero-order valence-corrected chi connectivity index (χ0v) is 20.3. The normalized spacial score (nSPS) is 14.1. The number of aromatic nitrogens is 3. The fourth-order valence-electron chi connectivity index (χ4n) is 5.13. The van der Waals surface area contributed by atoms with Crippen LogP contribution in [0.15, 0.2) is 102 Å². The number of imidazole rings is 1. The van der Waals surface area contributed by atoms with Gasteiger partial charge in [0.15, 0.2) is 5.65 Å². The second kappa shape index (κ2) is 9.78. The first kappa shape index (κ1) is 22.8. The number of carbonyl (C=O) groups is 1. The van der Waals surface area contributed by atoms with E-state index < -0.39 is 0 Å². The minimum Gasteiger partial charge on any atom is -0.352 e. The predicted octanol–water partition coefficient (Wildman–Crippen LogP) is 5.45. The Morgan fingerprint density at radius 2 is 1.73 bits per heavy atom. The average molecular weight is 490 g/mol. The van der Waals surface area contributed by atoms with Crippen molar-refractivity contribution >= 4 is 22.9 Å². The fraction of sp³-hybridized carbons (Fsp3) is 0.167. The highest BCUT2D eigenvalue weighted by Gasteiger charge is 2.24. The number of anilines is 2. The van der Waals surface area contributed by atoms with Gasteiger partial charge in [-0.1, -0.05) is 30.3 Å². The molecule has 0 aliphatic carbocycles. The van der Waals surface area contributed by atoms with E-state index in [0.29, 0.717) is 11.5 Å². The van der Waals surface area contributed by atoms with E-state index in [1.807, 2.05) is 64.0 Å². The zero-order chi connectivity index (χ0) is 25.2. The largest absolute Gasteiger partial charge is 0.352 e. The maximum absolute atomic E-state index is 13.1. The van der Waals surface area contributed by atoms with Crippen LogP contribution in [0.25, 0.3) is 16.9 Å². The Kier molecular flexibility index (Phi) is 6.02. The fourth-order valence-corrected chi connectivity index (χ4v) is 5.13. The van der Waals surface area contributed by atoms with Crippen molar-refractivity contribution < 1.29 is 4.79 Å². The maximum Gasteiger partial charge on any atom is 0.253 e. The molecule has 7 heteroatoms. The second-order valence-electron chi connectivity index (χ2n) is 9.37. The van der Waals surface area contributed by atoms with Gasteiger partial charge in [-0.2, -0.15) is 0 Å². The number of nitrogens with zero attached hydrogens (tertiary/aromatic N) is 3. The van der Waals surface area contributed by atoms with Gasteiger partial charge in [-0.15, -0.1) is 0 Å². The summed E-state index contributed by atoms with van der Waals surface area (Å²) in [5.74, 6) is 0.598. The first-order chi connectivity index (χ1) is 18.2. The first-order valence-corrected chi connectivity index (χ1v) is 12.5. The Balaban J connectivity index is 1.15. The molecule has 0 radical (unpaired) electrons. The molecule has 1 amide bonds. The van der Waals surface area contributed by atoms with Gasteiger partial charge >= 0.3 is 0 Å². The highest BCUT2D eigenvalue weighted by molar-refractivity contribution is 5.94. The molecule has 1 fully saturated rings. The van der Waals surface area contributed by atoms with Crippen LogP contribution in [0.5, 0.6) is 0 Å². The third-order valence-electron chi connectivity index (χ3n) is 7.08. The number of hydrogen-bond acceptors (Lipinski definition) is 4. The molecular weight excluding hydrogens is 462 g/mol. The molecule has 37 heavy (non-hydrogen) atoms. The molecule has 1 aliphatic heterocycles. The summed E-state index contributed by atoms with van der Waals surface area (Å²) in [5, 5.41) is 3.42. The summed E-state index contributed by atoms with van der Waals surface area (Å²) >= 11 is 0. The van der Waals surface area contributed by atoms with Crippen LogP contribution in [0.1, 0.15) is 34.7 Å². The number of hydrogen-bond donors (Lipinski definition) is 2. The zero-order valence-electron chi connectivity index (χ0n) is 20.3. The van der Waals surface area contributed by atoms with E-state index in [4.69, 9.17) is 0 Å². The van der Waals surface area contributed by atoms with Gasteiger partial charge in [0.2, 0.25) is 5.56 Å². The number of carbonyl (C=O) groups excluding carboxylic acids is 1. The molecule has 0 bridgehead atoms. The SMILES string of the molecule is O=C(c1ccc(Nc2ccc(-c3cc[nH]c(=O)c3)n3ccnc23)cc1)N1CCC(c2ccccc2)CC1. The van der Waals surface area contributed by atoms with Crippen molar-refractivity contribution in [3.63, 3.8) is 0 Å². The van der Waals surface area contributed by atoms with Crippen LogP contribution in [-0.2, 0) is 0 Å². The van der Waals surface area contributed by atoms with Crippen LogP contribution in [0.3, 0.4) is 0 Å². The lowest BCUT2D eigenvalue weighted by molar-refractivity contribution is 0.0713. The number of H-pyrrole nitrogens is 1. The van der Waals surface area contributed by atoms with Gasteiger partial charge in [0, 0.05) is 54.6 Å². The topological polar surface area (TPSA) is 82.5 Å². The summed E-state index contributed by atoms with van der Waals surface area (Å²) in [6.07, 6.45) is 7.23. The quantitative estimate of drug-likeness (QED) is 0.344. The van der Waals surface area contributed by atoms with E-state index >= 15 is 0 Å². The molecule has 7 nitrogen and oxygen atoms in total.